The Morgan fingerprint density at radius 2 is 1.81 bits per heavy atom. The summed E-state index contributed by atoms with van der Waals surface area (Å²) in [5, 5.41) is 2.87. The highest BCUT2D eigenvalue weighted by atomic mass is 32.2. The van der Waals surface area contributed by atoms with Gasteiger partial charge in [0.05, 0.1) is 11.4 Å². The molecule has 6 nitrogen and oxygen atoms in total. The molecule has 0 radical (unpaired) electrons. The number of nitrogens with zero attached hydrogens (tertiary/aromatic N) is 2. The topological polar surface area (TPSA) is 69.7 Å². The van der Waals surface area contributed by atoms with Gasteiger partial charge in [-0.05, 0) is 56.0 Å². The molecular formula is C20H31N3O3S. The van der Waals surface area contributed by atoms with E-state index in [2.05, 4.69) is 17.1 Å². The molecule has 1 N–H and O–H groups in total. The Balaban J connectivity index is 1.59. The summed E-state index contributed by atoms with van der Waals surface area (Å²) in [6.45, 7) is 4.49. The molecule has 150 valence electrons. The first-order valence-electron chi connectivity index (χ1n) is 9.96. The maximum atomic E-state index is 12.9. The molecule has 1 unspecified atom stereocenters. The smallest absolute Gasteiger partial charge is 0.243 e. The molecule has 1 aromatic rings. The maximum absolute atomic E-state index is 12.9. The van der Waals surface area contributed by atoms with Crippen molar-refractivity contribution >= 4 is 21.6 Å². The summed E-state index contributed by atoms with van der Waals surface area (Å²) < 4.78 is 27.2. The third-order valence-corrected chi connectivity index (χ3v) is 7.70. The first-order chi connectivity index (χ1) is 12.9. The van der Waals surface area contributed by atoms with Crippen molar-refractivity contribution < 1.29 is 13.2 Å². The molecule has 1 aliphatic heterocycles. The summed E-state index contributed by atoms with van der Waals surface area (Å²) in [5.41, 5.74) is 0.631. The molecule has 1 aromatic carbocycles. The number of likely N-dealkylation sites (tertiary alicyclic amines) is 1. The van der Waals surface area contributed by atoms with Crippen molar-refractivity contribution in [1.29, 1.82) is 0 Å². The van der Waals surface area contributed by atoms with E-state index in [0.29, 0.717) is 18.2 Å². The molecule has 1 aliphatic carbocycles. The highest BCUT2D eigenvalue weighted by molar-refractivity contribution is 7.89. The Morgan fingerprint density at radius 1 is 1.15 bits per heavy atom. The minimum absolute atomic E-state index is 0.0565. The fourth-order valence-corrected chi connectivity index (χ4v) is 5.51. The predicted octanol–water partition coefficient (Wildman–Crippen LogP) is 2.92. The molecule has 0 aromatic heterocycles. The number of rotatable bonds is 6. The van der Waals surface area contributed by atoms with Crippen LogP contribution in [0.4, 0.5) is 5.69 Å². The van der Waals surface area contributed by atoms with E-state index < -0.39 is 10.0 Å². The van der Waals surface area contributed by atoms with Crippen LogP contribution in [-0.2, 0) is 14.8 Å². The van der Waals surface area contributed by atoms with Crippen molar-refractivity contribution in [2.75, 3.05) is 32.0 Å². The lowest BCUT2D eigenvalue weighted by Gasteiger charge is -2.30. The van der Waals surface area contributed by atoms with E-state index in [0.717, 1.165) is 45.2 Å². The molecule has 2 aliphatic rings. The molecule has 7 heteroatoms. The van der Waals surface area contributed by atoms with Gasteiger partial charge in [-0.1, -0.05) is 26.2 Å². The molecule has 3 rings (SSSR count). The van der Waals surface area contributed by atoms with Crippen molar-refractivity contribution in [2.45, 2.75) is 56.4 Å². The van der Waals surface area contributed by atoms with E-state index in [1.54, 1.807) is 31.3 Å². The number of hydrogen-bond acceptors (Lipinski definition) is 4. The van der Waals surface area contributed by atoms with E-state index in [1.165, 1.54) is 10.7 Å². The van der Waals surface area contributed by atoms with Gasteiger partial charge in [0.15, 0.2) is 0 Å². The summed E-state index contributed by atoms with van der Waals surface area (Å²) in [4.78, 5) is 14.6. The van der Waals surface area contributed by atoms with Crippen LogP contribution >= 0.6 is 0 Å². The van der Waals surface area contributed by atoms with Gasteiger partial charge in [-0.15, -0.1) is 0 Å². The lowest BCUT2D eigenvalue weighted by atomic mass is 9.96. The molecule has 0 spiro atoms. The molecular weight excluding hydrogens is 362 g/mol. The van der Waals surface area contributed by atoms with E-state index in [9.17, 15) is 13.2 Å². The van der Waals surface area contributed by atoms with Gasteiger partial charge in [0.1, 0.15) is 0 Å². The second-order valence-corrected chi connectivity index (χ2v) is 10.0. The number of carbonyl (C=O) groups excluding carboxylic acids is 1. The average molecular weight is 394 g/mol. The van der Waals surface area contributed by atoms with Crippen LogP contribution in [0.1, 0.15) is 45.4 Å². The van der Waals surface area contributed by atoms with Crippen molar-refractivity contribution in [3.63, 3.8) is 0 Å². The second-order valence-electron chi connectivity index (χ2n) is 8.01. The first-order valence-corrected chi connectivity index (χ1v) is 11.4. The summed E-state index contributed by atoms with van der Waals surface area (Å²) in [7, 11) is -1.82. The van der Waals surface area contributed by atoms with Crippen LogP contribution < -0.4 is 5.32 Å². The minimum Gasteiger partial charge on any atom is -0.325 e. The zero-order chi connectivity index (χ0) is 19.4. The Kier molecular flexibility index (Phi) is 6.55. The van der Waals surface area contributed by atoms with Crippen LogP contribution in [0.5, 0.6) is 0 Å². The van der Waals surface area contributed by atoms with E-state index in [4.69, 9.17) is 0 Å². The zero-order valence-corrected chi connectivity index (χ0v) is 17.2. The molecule has 0 bridgehead atoms. The summed E-state index contributed by atoms with van der Waals surface area (Å²) in [5.74, 6) is 0.586. The van der Waals surface area contributed by atoms with Crippen LogP contribution in [0.25, 0.3) is 0 Å². The third-order valence-electron chi connectivity index (χ3n) is 5.78. The highest BCUT2D eigenvalue weighted by Gasteiger charge is 2.29. The zero-order valence-electron chi connectivity index (χ0n) is 16.4. The van der Waals surface area contributed by atoms with Gasteiger partial charge in [-0.3, -0.25) is 9.69 Å². The number of benzene rings is 1. The molecule has 1 amide bonds. The normalized spacial score (nSPS) is 22.3. The second kappa shape index (κ2) is 8.71. The quantitative estimate of drug-likeness (QED) is 0.807. The van der Waals surface area contributed by atoms with E-state index in [-0.39, 0.29) is 16.8 Å². The molecule has 2 fully saturated rings. The van der Waals surface area contributed by atoms with Crippen LogP contribution in [0, 0.1) is 5.92 Å². The standard InChI is InChI=1S/C20H31N3O3S/c1-16-12-13-23(14-16)15-20(24)21-17-8-10-19(11-9-17)27(25,26)22(2)18-6-4-3-5-7-18/h8-11,16,18H,3-7,12-15H2,1-2H3,(H,21,24). The van der Waals surface area contributed by atoms with Gasteiger partial charge in [0, 0.05) is 25.3 Å². The molecule has 27 heavy (non-hydrogen) atoms. The summed E-state index contributed by atoms with van der Waals surface area (Å²) in [6.07, 6.45) is 6.36. The van der Waals surface area contributed by atoms with Crippen LogP contribution in [0.2, 0.25) is 0 Å². The molecule has 1 heterocycles. The largest absolute Gasteiger partial charge is 0.325 e. The lowest BCUT2D eigenvalue weighted by molar-refractivity contribution is -0.117. The number of carbonyl (C=O) groups is 1. The van der Waals surface area contributed by atoms with Gasteiger partial charge in [-0.25, -0.2) is 8.42 Å². The minimum atomic E-state index is -3.50. The number of sulfonamides is 1. The van der Waals surface area contributed by atoms with Crippen molar-refractivity contribution in [3.8, 4) is 0 Å². The van der Waals surface area contributed by atoms with Crippen molar-refractivity contribution in [3.05, 3.63) is 24.3 Å². The Morgan fingerprint density at radius 3 is 2.41 bits per heavy atom. The summed E-state index contributed by atoms with van der Waals surface area (Å²) >= 11 is 0. The maximum Gasteiger partial charge on any atom is 0.243 e. The summed E-state index contributed by atoms with van der Waals surface area (Å²) in [6, 6.07) is 6.61. The number of amides is 1. The highest BCUT2D eigenvalue weighted by Crippen LogP contribution is 2.27. The average Bonchev–Trinajstić information content (AvgIpc) is 3.06. The third kappa shape index (κ3) is 5.09. The lowest BCUT2D eigenvalue weighted by Crippen LogP contribution is -2.38. The number of hydrogen-bond donors (Lipinski definition) is 1. The van der Waals surface area contributed by atoms with Gasteiger partial charge < -0.3 is 5.32 Å². The Hall–Kier alpha value is -1.44. The van der Waals surface area contributed by atoms with E-state index in [1.807, 2.05) is 0 Å². The first kappa shape index (κ1) is 20.3. The SMILES string of the molecule is CC1CCN(CC(=O)Nc2ccc(S(=O)(=O)N(C)C3CCCCC3)cc2)C1. The van der Waals surface area contributed by atoms with Crippen molar-refractivity contribution in [1.82, 2.24) is 9.21 Å². The van der Waals surface area contributed by atoms with Gasteiger partial charge in [-0.2, -0.15) is 4.31 Å². The van der Waals surface area contributed by atoms with Gasteiger partial charge in [0.2, 0.25) is 15.9 Å². The molecule has 1 saturated heterocycles. The Bertz CT molecular complexity index is 742. The monoisotopic (exact) mass is 393 g/mol. The predicted molar refractivity (Wildman–Crippen MR) is 107 cm³/mol. The number of anilines is 1. The fourth-order valence-electron chi connectivity index (χ4n) is 4.09. The van der Waals surface area contributed by atoms with Crippen LogP contribution in [0.15, 0.2) is 29.2 Å². The van der Waals surface area contributed by atoms with Crippen LogP contribution in [0.3, 0.4) is 0 Å². The van der Waals surface area contributed by atoms with E-state index >= 15 is 0 Å². The van der Waals surface area contributed by atoms with Crippen molar-refractivity contribution in [2.24, 2.45) is 5.92 Å². The van der Waals surface area contributed by atoms with Crippen LogP contribution in [-0.4, -0.2) is 56.3 Å². The Labute approximate surface area is 163 Å². The molecule has 1 atom stereocenters. The fraction of sp³-hybridized carbons (Fsp3) is 0.650. The van der Waals surface area contributed by atoms with Gasteiger partial charge >= 0.3 is 0 Å². The van der Waals surface area contributed by atoms with Gasteiger partial charge in [0.25, 0.3) is 0 Å². The molecule has 1 saturated carbocycles. The number of nitrogens with one attached hydrogen (secondary N) is 1.